The van der Waals surface area contributed by atoms with Crippen molar-refractivity contribution in [2.24, 2.45) is 0 Å². The molecular weight excluding hydrogens is 450 g/mol. The summed E-state index contributed by atoms with van der Waals surface area (Å²) in [5.41, 5.74) is 0.0976. The predicted molar refractivity (Wildman–Crippen MR) is 112 cm³/mol. The van der Waals surface area contributed by atoms with E-state index in [4.69, 9.17) is 21.1 Å². The first-order valence-corrected chi connectivity index (χ1v) is 9.90. The number of nitro groups is 1. The number of hydrogen-bond acceptors (Lipinski definition) is 8. The van der Waals surface area contributed by atoms with Crippen LogP contribution >= 0.6 is 23.4 Å². The zero-order valence-electron chi connectivity index (χ0n) is 15.5. The minimum atomic E-state index is -0.740. The number of hydrogen-bond donors (Lipinski definition) is 1. The molecule has 12 heteroatoms. The Kier molecular flexibility index (Phi) is 5.53. The first kappa shape index (κ1) is 20.7. The number of benzene rings is 2. The highest BCUT2D eigenvalue weighted by Gasteiger charge is 2.37. The van der Waals surface area contributed by atoms with E-state index in [1.807, 2.05) is 0 Å². The van der Waals surface area contributed by atoms with Crippen molar-refractivity contribution in [3.63, 3.8) is 0 Å². The Morgan fingerprint density at radius 3 is 2.68 bits per heavy atom. The fourth-order valence-electron chi connectivity index (χ4n) is 2.89. The van der Waals surface area contributed by atoms with Crippen molar-refractivity contribution >= 4 is 57.9 Å². The smallest absolute Gasteiger partial charge is 0.294 e. The number of carbonyl (C=O) groups is 3. The van der Waals surface area contributed by atoms with Crippen LogP contribution in [0.1, 0.15) is 5.56 Å². The van der Waals surface area contributed by atoms with Crippen LogP contribution in [0.25, 0.3) is 6.08 Å². The fraction of sp³-hybridized carbons (Fsp3) is 0.105. The van der Waals surface area contributed by atoms with Gasteiger partial charge in [0.2, 0.25) is 12.7 Å². The number of imide groups is 1. The lowest BCUT2D eigenvalue weighted by atomic mass is 10.1. The van der Waals surface area contributed by atoms with Gasteiger partial charge in [0.05, 0.1) is 32.2 Å². The van der Waals surface area contributed by atoms with Gasteiger partial charge in [-0.1, -0.05) is 23.7 Å². The molecule has 1 fully saturated rings. The Morgan fingerprint density at radius 2 is 1.97 bits per heavy atom. The summed E-state index contributed by atoms with van der Waals surface area (Å²) in [7, 11) is 0. The van der Waals surface area contributed by atoms with Crippen molar-refractivity contribution in [1.29, 1.82) is 0 Å². The molecule has 2 aliphatic heterocycles. The van der Waals surface area contributed by atoms with Gasteiger partial charge in [0, 0.05) is 0 Å². The monoisotopic (exact) mass is 461 g/mol. The van der Waals surface area contributed by atoms with Gasteiger partial charge < -0.3 is 14.8 Å². The highest BCUT2D eigenvalue weighted by Crippen LogP contribution is 2.40. The Hall–Kier alpha value is -3.57. The number of ether oxygens (including phenoxy) is 2. The number of thioether (sulfide) groups is 1. The average molecular weight is 462 g/mol. The molecule has 31 heavy (non-hydrogen) atoms. The van der Waals surface area contributed by atoms with E-state index in [-0.39, 0.29) is 34.4 Å². The van der Waals surface area contributed by atoms with Crippen molar-refractivity contribution in [3.8, 4) is 11.5 Å². The van der Waals surface area contributed by atoms with Gasteiger partial charge in [-0.25, -0.2) is 0 Å². The van der Waals surface area contributed by atoms with Crippen molar-refractivity contribution in [1.82, 2.24) is 4.90 Å². The molecule has 0 saturated carbocycles. The Labute approximate surface area is 183 Å². The quantitative estimate of drug-likeness (QED) is 0.406. The van der Waals surface area contributed by atoms with Crippen LogP contribution in [0, 0.1) is 10.1 Å². The van der Waals surface area contributed by atoms with Crippen LogP contribution in [0.4, 0.5) is 16.2 Å². The number of carbonyl (C=O) groups excluding carboxylic acids is 3. The molecule has 0 bridgehead atoms. The molecule has 2 aromatic carbocycles. The molecule has 0 radical (unpaired) electrons. The van der Waals surface area contributed by atoms with E-state index in [0.29, 0.717) is 22.5 Å². The maximum absolute atomic E-state index is 12.7. The van der Waals surface area contributed by atoms with Crippen LogP contribution in [0.2, 0.25) is 5.02 Å². The second-order valence-corrected chi connectivity index (χ2v) is 7.72. The number of halogens is 1. The standard InChI is InChI=1S/C19H12ClN3O7S/c20-11-3-1-2-4-12(11)21-17(24)8-22-18(25)16(31-19(22)26)6-10-5-14-15(30-9-29-14)7-13(10)23(27)28/h1-7H,8-9H2,(H,21,24)/b16-6-. The molecule has 0 atom stereocenters. The Bertz CT molecular complexity index is 1170. The topological polar surface area (TPSA) is 128 Å². The number of nitro benzene ring substituents is 1. The van der Waals surface area contributed by atoms with Crippen LogP contribution < -0.4 is 14.8 Å². The van der Waals surface area contributed by atoms with Crippen LogP contribution in [0.3, 0.4) is 0 Å². The predicted octanol–water partition coefficient (Wildman–Crippen LogP) is 3.65. The molecule has 0 unspecified atom stereocenters. The number of fused-ring (bicyclic) bond motifs is 1. The summed E-state index contributed by atoms with van der Waals surface area (Å²) in [4.78, 5) is 48.7. The van der Waals surface area contributed by atoms with Gasteiger partial charge in [-0.2, -0.15) is 0 Å². The minimum Gasteiger partial charge on any atom is -0.454 e. The molecule has 158 valence electrons. The van der Waals surface area contributed by atoms with Crippen molar-refractivity contribution in [2.45, 2.75) is 0 Å². The SMILES string of the molecule is O=C(CN1C(=O)S/C(=C\c2cc3c(cc2[N+](=O)[O-])OCO3)C1=O)Nc1ccccc1Cl. The summed E-state index contributed by atoms with van der Waals surface area (Å²) >= 11 is 6.57. The largest absolute Gasteiger partial charge is 0.454 e. The molecule has 3 amide bonds. The average Bonchev–Trinajstić information content (AvgIpc) is 3.28. The highest BCUT2D eigenvalue weighted by atomic mass is 35.5. The second kappa shape index (κ2) is 8.28. The molecule has 1 saturated heterocycles. The Balaban J connectivity index is 1.55. The summed E-state index contributed by atoms with van der Waals surface area (Å²) in [6.45, 7) is -0.608. The summed E-state index contributed by atoms with van der Waals surface area (Å²) in [6, 6.07) is 9.07. The van der Waals surface area contributed by atoms with Gasteiger partial charge in [-0.3, -0.25) is 29.4 Å². The molecule has 4 rings (SSSR count). The first-order valence-electron chi connectivity index (χ1n) is 8.71. The van der Waals surface area contributed by atoms with Crippen molar-refractivity contribution < 1.29 is 28.8 Å². The Morgan fingerprint density at radius 1 is 1.26 bits per heavy atom. The number of rotatable bonds is 5. The molecule has 0 aromatic heterocycles. The third-order valence-electron chi connectivity index (χ3n) is 4.33. The molecule has 2 heterocycles. The van der Waals surface area contributed by atoms with E-state index in [9.17, 15) is 24.5 Å². The van der Waals surface area contributed by atoms with E-state index in [2.05, 4.69) is 5.32 Å². The number of nitrogens with one attached hydrogen (secondary N) is 1. The second-order valence-electron chi connectivity index (χ2n) is 6.32. The maximum Gasteiger partial charge on any atom is 0.294 e. The van der Waals surface area contributed by atoms with Crippen molar-refractivity contribution in [2.75, 3.05) is 18.7 Å². The number of para-hydroxylation sites is 1. The van der Waals surface area contributed by atoms with Crippen LogP contribution in [-0.4, -0.2) is 40.2 Å². The van der Waals surface area contributed by atoms with Gasteiger partial charge in [-0.05, 0) is 36.0 Å². The number of nitrogens with zero attached hydrogens (tertiary/aromatic N) is 2. The molecule has 10 nitrogen and oxygen atoms in total. The van der Waals surface area contributed by atoms with E-state index in [1.165, 1.54) is 18.2 Å². The van der Waals surface area contributed by atoms with Crippen LogP contribution in [0.15, 0.2) is 41.3 Å². The molecular formula is C19H12ClN3O7S. The summed E-state index contributed by atoms with van der Waals surface area (Å²) < 4.78 is 10.4. The molecule has 0 aliphatic carbocycles. The normalized spacial score (nSPS) is 16.2. The summed E-state index contributed by atoms with van der Waals surface area (Å²) in [6.07, 6.45) is 1.22. The van der Waals surface area contributed by atoms with Gasteiger partial charge in [0.1, 0.15) is 6.54 Å². The lowest BCUT2D eigenvalue weighted by Crippen LogP contribution is -2.36. The number of anilines is 1. The fourth-order valence-corrected chi connectivity index (χ4v) is 3.91. The summed E-state index contributed by atoms with van der Waals surface area (Å²) in [5.74, 6) is -0.856. The first-order chi connectivity index (χ1) is 14.8. The third kappa shape index (κ3) is 4.18. The maximum atomic E-state index is 12.7. The molecule has 2 aromatic rings. The number of amides is 3. The summed E-state index contributed by atoms with van der Waals surface area (Å²) in [5, 5.41) is 13.6. The minimum absolute atomic E-state index is 0.0579. The van der Waals surface area contributed by atoms with E-state index in [0.717, 1.165) is 4.90 Å². The van der Waals surface area contributed by atoms with Gasteiger partial charge in [-0.15, -0.1) is 0 Å². The van der Waals surface area contributed by atoms with Crippen LogP contribution in [0.5, 0.6) is 11.5 Å². The van der Waals surface area contributed by atoms with Gasteiger partial charge in [0.25, 0.3) is 16.8 Å². The van der Waals surface area contributed by atoms with Crippen molar-refractivity contribution in [3.05, 3.63) is 62.0 Å². The third-order valence-corrected chi connectivity index (χ3v) is 5.57. The zero-order valence-corrected chi connectivity index (χ0v) is 17.1. The van der Waals surface area contributed by atoms with E-state index in [1.54, 1.807) is 24.3 Å². The molecule has 0 spiro atoms. The van der Waals surface area contributed by atoms with E-state index < -0.39 is 28.5 Å². The van der Waals surface area contributed by atoms with Gasteiger partial charge >= 0.3 is 0 Å². The molecule has 1 N–H and O–H groups in total. The lowest BCUT2D eigenvalue weighted by Gasteiger charge is -2.13. The highest BCUT2D eigenvalue weighted by molar-refractivity contribution is 8.18. The van der Waals surface area contributed by atoms with Gasteiger partial charge in [0.15, 0.2) is 11.5 Å². The zero-order chi connectivity index (χ0) is 22.1. The lowest BCUT2D eigenvalue weighted by molar-refractivity contribution is -0.385. The molecule has 2 aliphatic rings. The van der Waals surface area contributed by atoms with Crippen LogP contribution in [-0.2, 0) is 9.59 Å². The van der Waals surface area contributed by atoms with E-state index >= 15 is 0 Å².